The Morgan fingerprint density at radius 1 is 1.21 bits per heavy atom. The summed E-state index contributed by atoms with van der Waals surface area (Å²) in [4.78, 5) is 26.4. The molecule has 0 aliphatic carbocycles. The van der Waals surface area contributed by atoms with Crippen molar-refractivity contribution in [1.29, 1.82) is 0 Å². The quantitative estimate of drug-likeness (QED) is 0.583. The second-order valence-electron chi connectivity index (χ2n) is 5.52. The largest absolute Gasteiger partial charge is 0.328 e. The third kappa shape index (κ3) is 2.69. The molecule has 1 heterocycles. The molecule has 2 aromatic rings. The minimum absolute atomic E-state index is 0.306. The SMILES string of the molecule is Cn1c(=O)[nH]c2cccc(C#C[Si](C)(C)C)c2c1=O. The second kappa shape index (κ2) is 4.56. The standard InChI is InChI=1S/C14H16N2O2Si/c1-16-13(17)12-10(8-9-19(2,3)4)6-5-7-11(12)15-14(16)18/h5-7H,1-4H3,(H,15,18). The molecule has 1 aromatic heterocycles. The number of aromatic nitrogens is 2. The van der Waals surface area contributed by atoms with E-state index in [-0.39, 0.29) is 5.56 Å². The number of nitrogens with zero attached hydrogens (tertiary/aromatic N) is 1. The highest BCUT2D eigenvalue weighted by Gasteiger charge is 2.10. The maximum absolute atomic E-state index is 12.2. The van der Waals surface area contributed by atoms with Crippen LogP contribution in [0.2, 0.25) is 19.6 Å². The second-order valence-corrected chi connectivity index (χ2v) is 10.3. The van der Waals surface area contributed by atoms with Crippen LogP contribution in [0.5, 0.6) is 0 Å². The average Bonchev–Trinajstić information content (AvgIpc) is 2.32. The highest BCUT2D eigenvalue weighted by molar-refractivity contribution is 6.83. The predicted molar refractivity (Wildman–Crippen MR) is 80.0 cm³/mol. The van der Waals surface area contributed by atoms with Crippen LogP contribution in [0.1, 0.15) is 5.56 Å². The molecule has 0 amide bonds. The Bertz CT molecular complexity index is 814. The minimum Gasteiger partial charge on any atom is -0.307 e. The summed E-state index contributed by atoms with van der Waals surface area (Å²) in [5.41, 5.74) is 3.74. The zero-order valence-corrected chi connectivity index (χ0v) is 12.5. The van der Waals surface area contributed by atoms with Gasteiger partial charge < -0.3 is 4.98 Å². The van der Waals surface area contributed by atoms with Crippen molar-refractivity contribution in [3.63, 3.8) is 0 Å². The van der Waals surface area contributed by atoms with Gasteiger partial charge in [0.25, 0.3) is 5.56 Å². The van der Waals surface area contributed by atoms with E-state index < -0.39 is 13.8 Å². The molecule has 98 valence electrons. The fourth-order valence-electron chi connectivity index (χ4n) is 1.70. The Labute approximate surface area is 112 Å². The number of benzene rings is 1. The summed E-state index contributed by atoms with van der Waals surface area (Å²) in [5, 5.41) is 0.482. The van der Waals surface area contributed by atoms with Crippen LogP contribution in [0.3, 0.4) is 0 Å². The Morgan fingerprint density at radius 2 is 1.89 bits per heavy atom. The smallest absolute Gasteiger partial charge is 0.307 e. The van der Waals surface area contributed by atoms with Crippen molar-refractivity contribution in [2.24, 2.45) is 7.05 Å². The van der Waals surface area contributed by atoms with E-state index in [2.05, 4.69) is 36.1 Å². The van der Waals surface area contributed by atoms with Crippen LogP contribution in [0.15, 0.2) is 27.8 Å². The lowest BCUT2D eigenvalue weighted by atomic mass is 10.1. The maximum atomic E-state index is 12.2. The van der Waals surface area contributed by atoms with Gasteiger partial charge in [0, 0.05) is 12.6 Å². The normalized spacial score (nSPS) is 11.2. The van der Waals surface area contributed by atoms with Crippen LogP contribution in [0.25, 0.3) is 10.9 Å². The van der Waals surface area contributed by atoms with Crippen molar-refractivity contribution in [2.75, 3.05) is 0 Å². The summed E-state index contributed by atoms with van der Waals surface area (Å²) in [6.07, 6.45) is 0. The summed E-state index contributed by atoms with van der Waals surface area (Å²) in [6.45, 7) is 6.43. The van der Waals surface area contributed by atoms with Gasteiger partial charge in [-0.15, -0.1) is 5.54 Å². The summed E-state index contributed by atoms with van der Waals surface area (Å²) in [5.74, 6) is 3.09. The van der Waals surface area contributed by atoms with Crippen molar-refractivity contribution in [3.05, 3.63) is 44.6 Å². The molecule has 0 fully saturated rings. The molecule has 5 heteroatoms. The van der Waals surface area contributed by atoms with E-state index in [1.807, 2.05) is 6.07 Å². The lowest BCUT2D eigenvalue weighted by molar-refractivity contribution is 0.793. The molecule has 0 aliphatic rings. The van der Waals surface area contributed by atoms with E-state index in [0.717, 1.165) is 4.57 Å². The van der Waals surface area contributed by atoms with E-state index in [0.29, 0.717) is 16.5 Å². The monoisotopic (exact) mass is 272 g/mol. The average molecular weight is 272 g/mol. The van der Waals surface area contributed by atoms with Crippen molar-refractivity contribution in [3.8, 4) is 11.5 Å². The molecule has 0 aliphatic heterocycles. The Morgan fingerprint density at radius 3 is 2.53 bits per heavy atom. The van der Waals surface area contributed by atoms with E-state index in [1.165, 1.54) is 7.05 Å². The van der Waals surface area contributed by atoms with Crippen LogP contribution < -0.4 is 11.2 Å². The molecule has 0 unspecified atom stereocenters. The molecule has 0 bridgehead atoms. The van der Waals surface area contributed by atoms with Gasteiger partial charge in [-0.05, 0) is 12.1 Å². The topological polar surface area (TPSA) is 54.9 Å². The van der Waals surface area contributed by atoms with Crippen molar-refractivity contribution in [2.45, 2.75) is 19.6 Å². The van der Waals surface area contributed by atoms with Gasteiger partial charge in [0.1, 0.15) is 8.07 Å². The van der Waals surface area contributed by atoms with Crippen LogP contribution in [-0.2, 0) is 7.05 Å². The van der Waals surface area contributed by atoms with E-state index in [4.69, 9.17) is 0 Å². The van der Waals surface area contributed by atoms with Crippen molar-refractivity contribution < 1.29 is 0 Å². The summed E-state index contributed by atoms with van der Waals surface area (Å²) in [7, 11) is -0.0495. The molecule has 1 aromatic carbocycles. The van der Waals surface area contributed by atoms with Gasteiger partial charge in [-0.25, -0.2) is 4.79 Å². The van der Waals surface area contributed by atoms with Gasteiger partial charge in [0.2, 0.25) is 0 Å². The van der Waals surface area contributed by atoms with Gasteiger partial charge in [-0.1, -0.05) is 31.6 Å². The van der Waals surface area contributed by atoms with E-state index in [9.17, 15) is 9.59 Å². The molecule has 2 rings (SSSR count). The molecular weight excluding hydrogens is 256 g/mol. The zero-order chi connectivity index (χ0) is 14.2. The number of nitrogens with one attached hydrogen (secondary N) is 1. The minimum atomic E-state index is -1.51. The van der Waals surface area contributed by atoms with E-state index >= 15 is 0 Å². The van der Waals surface area contributed by atoms with Crippen LogP contribution >= 0.6 is 0 Å². The first-order valence-corrected chi connectivity index (χ1v) is 9.55. The molecule has 0 radical (unpaired) electrons. The third-order valence-electron chi connectivity index (χ3n) is 2.70. The molecule has 1 N–H and O–H groups in total. The Balaban J connectivity index is 2.84. The van der Waals surface area contributed by atoms with E-state index in [1.54, 1.807) is 12.1 Å². The molecule has 0 saturated carbocycles. The summed E-state index contributed by atoms with van der Waals surface area (Å²) < 4.78 is 1.07. The van der Waals surface area contributed by atoms with Gasteiger partial charge in [-0.3, -0.25) is 9.36 Å². The maximum Gasteiger partial charge on any atom is 0.328 e. The predicted octanol–water partition coefficient (Wildman–Crippen LogP) is 1.46. The zero-order valence-electron chi connectivity index (χ0n) is 11.5. The number of fused-ring (bicyclic) bond motifs is 1. The van der Waals surface area contributed by atoms with Crippen molar-refractivity contribution in [1.82, 2.24) is 9.55 Å². The number of aromatic amines is 1. The number of hydrogen-bond donors (Lipinski definition) is 1. The number of rotatable bonds is 0. The number of hydrogen-bond acceptors (Lipinski definition) is 2. The van der Waals surface area contributed by atoms with Crippen LogP contribution in [-0.4, -0.2) is 17.6 Å². The van der Waals surface area contributed by atoms with Gasteiger partial charge in [0.15, 0.2) is 0 Å². The van der Waals surface area contributed by atoms with Crippen LogP contribution in [0.4, 0.5) is 0 Å². The Hall–Kier alpha value is -2.06. The fraction of sp³-hybridized carbons (Fsp3) is 0.286. The lowest BCUT2D eigenvalue weighted by Gasteiger charge is -2.05. The Kier molecular flexibility index (Phi) is 3.21. The molecule has 0 spiro atoms. The fourth-order valence-corrected chi connectivity index (χ4v) is 2.21. The summed E-state index contributed by atoms with van der Waals surface area (Å²) >= 11 is 0. The first-order chi connectivity index (χ1) is 8.79. The molecule has 0 atom stereocenters. The highest BCUT2D eigenvalue weighted by atomic mass is 28.3. The molecule has 4 nitrogen and oxygen atoms in total. The summed E-state index contributed by atoms with van der Waals surface area (Å²) in [6, 6.07) is 5.33. The van der Waals surface area contributed by atoms with Gasteiger partial charge >= 0.3 is 5.69 Å². The third-order valence-corrected chi connectivity index (χ3v) is 3.58. The lowest BCUT2D eigenvalue weighted by Crippen LogP contribution is -2.32. The molecular formula is C14H16N2O2Si. The van der Waals surface area contributed by atoms with Gasteiger partial charge in [-0.2, -0.15) is 0 Å². The number of H-pyrrole nitrogens is 1. The van der Waals surface area contributed by atoms with Gasteiger partial charge in [0.05, 0.1) is 10.9 Å². The van der Waals surface area contributed by atoms with Crippen LogP contribution in [0, 0.1) is 11.5 Å². The van der Waals surface area contributed by atoms with Crippen molar-refractivity contribution >= 4 is 19.0 Å². The molecule has 0 saturated heterocycles. The highest BCUT2D eigenvalue weighted by Crippen LogP contribution is 2.11. The molecule has 19 heavy (non-hydrogen) atoms. The first kappa shape index (κ1) is 13.4. The first-order valence-electron chi connectivity index (χ1n) is 6.05.